The van der Waals surface area contributed by atoms with Gasteiger partial charge in [0, 0.05) is 28.8 Å². The van der Waals surface area contributed by atoms with Crippen LogP contribution in [0.4, 0.5) is 16.2 Å². The Hall–Kier alpha value is -2.34. The molecule has 2 aromatic carbocycles. The number of urea groups is 1. The standard InChI is InChI=1S/C15H13BrN2O3/c1-10(19)21-14-7-3-6-13(9-14)18-15(20)17-12-5-2-4-11(16)8-12/h2-9H,1H3,(H2,17,18,20). The van der Waals surface area contributed by atoms with Gasteiger partial charge in [0.25, 0.3) is 0 Å². The zero-order valence-electron chi connectivity index (χ0n) is 11.2. The number of amides is 2. The number of carbonyl (C=O) groups is 2. The van der Waals surface area contributed by atoms with Gasteiger partial charge in [0.05, 0.1) is 0 Å². The Bertz CT molecular complexity index is 673. The summed E-state index contributed by atoms with van der Waals surface area (Å²) in [4.78, 5) is 22.8. The van der Waals surface area contributed by atoms with E-state index in [1.165, 1.54) is 6.92 Å². The Kier molecular flexibility index (Phi) is 4.94. The summed E-state index contributed by atoms with van der Waals surface area (Å²) in [5.41, 5.74) is 1.19. The fourth-order valence-electron chi connectivity index (χ4n) is 1.66. The van der Waals surface area contributed by atoms with Gasteiger partial charge in [-0.1, -0.05) is 28.1 Å². The lowest BCUT2D eigenvalue weighted by molar-refractivity contribution is -0.131. The zero-order chi connectivity index (χ0) is 15.2. The molecule has 21 heavy (non-hydrogen) atoms. The van der Waals surface area contributed by atoms with Crippen molar-refractivity contribution in [1.29, 1.82) is 0 Å². The highest BCUT2D eigenvalue weighted by Gasteiger charge is 2.05. The molecule has 0 bridgehead atoms. The highest BCUT2D eigenvalue weighted by Crippen LogP contribution is 2.19. The van der Waals surface area contributed by atoms with Crippen LogP contribution in [0, 0.1) is 0 Å². The van der Waals surface area contributed by atoms with Gasteiger partial charge in [-0.2, -0.15) is 0 Å². The van der Waals surface area contributed by atoms with Crippen molar-refractivity contribution in [2.24, 2.45) is 0 Å². The lowest BCUT2D eigenvalue weighted by atomic mass is 10.3. The van der Waals surface area contributed by atoms with E-state index in [9.17, 15) is 9.59 Å². The van der Waals surface area contributed by atoms with Crippen molar-refractivity contribution in [1.82, 2.24) is 0 Å². The maximum absolute atomic E-state index is 11.9. The SMILES string of the molecule is CC(=O)Oc1cccc(NC(=O)Nc2cccc(Br)c2)c1. The Labute approximate surface area is 130 Å². The smallest absolute Gasteiger partial charge is 0.323 e. The maximum Gasteiger partial charge on any atom is 0.323 e. The molecular formula is C15H13BrN2O3. The second kappa shape index (κ2) is 6.90. The average molecular weight is 349 g/mol. The van der Waals surface area contributed by atoms with Gasteiger partial charge in [-0.05, 0) is 30.3 Å². The van der Waals surface area contributed by atoms with Gasteiger partial charge < -0.3 is 15.4 Å². The number of ether oxygens (including phenoxy) is 1. The number of rotatable bonds is 3. The van der Waals surface area contributed by atoms with Crippen molar-refractivity contribution in [2.75, 3.05) is 10.6 Å². The third-order valence-corrected chi connectivity index (χ3v) is 2.93. The highest BCUT2D eigenvalue weighted by molar-refractivity contribution is 9.10. The molecule has 0 radical (unpaired) electrons. The van der Waals surface area contributed by atoms with Gasteiger partial charge in [0.1, 0.15) is 5.75 Å². The van der Waals surface area contributed by atoms with E-state index in [-0.39, 0.29) is 6.03 Å². The average Bonchev–Trinajstić information content (AvgIpc) is 2.37. The van der Waals surface area contributed by atoms with Crippen molar-refractivity contribution >= 4 is 39.3 Å². The van der Waals surface area contributed by atoms with Crippen LogP contribution in [0.2, 0.25) is 0 Å². The molecule has 2 N–H and O–H groups in total. The van der Waals surface area contributed by atoms with Crippen LogP contribution in [0.15, 0.2) is 53.0 Å². The Morgan fingerprint density at radius 1 is 1.00 bits per heavy atom. The van der Waals surface area contributed by atoms with Gasteiger partial charge in [-0.25, -0.2) is 4.79 Å². The van der Waals surface area contributed by atoms with Gasteiger partial charge in [-0.3, -0.25) is 4.79 Å². The number of esters is 1. The molecule has 6 heteroatoms. The van der Waals surface area contributed by atoms with E-state index in [4.69, 9.17) is 4.74 Å². The normalized spacial score (nSPS) is 9.81. The van der Waals surface area contributed by atoms with Crippen molar-refractivity contribution in [3.05, 3.63) is 53.0 Å². The molecule has 0 aliphatic carbocycles. The Balaban J connectivity index is 2.01. The Morgan fingerprint density at radius 2 is 1.62 bits per heavy atom. The zero-order valence-corrected chi connectivity index (χ0v) is 12.8. The van der Waals surface area contributed by atoms with Crippen LogP contribution in [0.25, 0.3) is 0 Å². The van der Waals surface area contributed by atoms with Gasteiger partial charge in [0.2, 0.25) is 0 Å². The van der Waals surface area contributed by atoms with Crippen LogP contribution in [0.5, 0.6) is 5.75 Å². The number of nitrogens with one attached hydrogen (secondary N) is 2. The molecule has 0 atom stereocenters. The second-order valence-electron chi connectivity index (χ2n) is 4.21. The Morgan fingerprint density at radius 3 is 2.24 bits per heavy atom. The van der Waals surface area contributed by atoms with Crippen LogP contribution >= 0.6 is 15.9 Å². The largest absolute Gasteiger partial charge is 0.427 e. The monoisotopic (exact) mass is 348 g/mol. The van der Waals surface area contributed by atoms with Crippen LogP contribution in [0.3, 0.4) is 0 Å². The maximum atomic E-state index is 11.9. The van der Waals surface area contributed by atoms with Crippen LogP contribution in [-0.2, 0) is 4.79 Å². The van der Waals surface area contributed by atoms with Crippen molar-refractivity contribution < 1.29 is 14.3 Å². The van der Waals surface area contributed by atoms with E-state index in [0.29, 0.717) is 17.1 Å². The number of anilines is 2. The minimum atomic E-state index is -0.411. The molecule has 0 unspecified atom stereocenters. The van der Waals surface area contributed by atoms with E-state index in [2.05, 4.69) is 26.6 Å². The molecular weight excluding hydrogens is 336 g/mol. The summed E-state index contributed by atoms with van der Waals surface area (Å²) in [5, 5.41) is 5.37. The molecule has 108 valence electrons. The molecule has 2 amide bonds. The number of halogens is 1. The van der Waals surface area contributed by atoms with E-state index in [0.717, 1.165) is 4.47 Å². The fraction of sp³-hybridized carbons (Fsp3) is 0.0667. The van der Waals surface area contributed by atoms with E-state index >= 15 is 0 Å². The highest BCUT2D eigenvalue weighted by atomic mass is 79.9. The molecule has 2 rings (SSSR count). The first-order chi connectivity index (χ1) is 10.0. The summed E-state index contributed by atoms with van der Waals surface area (Å²) < 4.78 is 5.83. The first-order valence-electron chi connectivity index (χ1n) is 6.15. The molecule has 0 aliphatic rings. The first kappa shape index (κ1) is 15.1. The summed E-state index contributed by atoms with van der Waals surface area (Å²) in [6, 6.07) is 13.5. The fourth-order valence-corrected chi connectivity index (χ4v) is 2.06. The lowest BCUT2D eigenvalue weighted by Gasteiger charge is -2.09. The van der Waals surface area contributed by atoms with E-state index in [1.807, 2.05) is 12.1 Å². The van der Waals surface area contributed by atoms with Gasteiger partial charge >= 0.3 is 12.0 Å². The molecule has 5 nitrogen and oxygen atoms in total. The number of benzene rings is 2. The van der Waals surface area contributed by atoms with Crippen LogP contribution in [0.1, 0.15) is 6.92 Å². The molecule has 0 saturated heterocycles. The summed E-state index contributed by atoms with van der Waals surface area (Å²) in [6.45, 7) is 1.32. The summed E-state index contributed by atoms with van der Waals surface area (Å²) in [7, 11) is 0. The second-order valence-corrected chi connectivity index (χ2v) is 5.13. The van der Waals surface area contributed by atoms with Crippen LogP contribution in [-0.4, -0.2) is 12.0 Å². The molecule has 0 heterocycles. The molecule has 2 aromatic rings. The molecule has 0 saturated carbocycles. The summed E-state index contributed by atoms with van der Waals surface area (Å²) in [6.07, 6.45) is 0. The topological polar surface area (TPSA) is 67.4 Å². The summed E-state index contributed by atoms with van der Waals surface area (Å²) in [5.74, 6) is -0.0338. The minimum Gasteiger partial charge on any atom is -0.427 e. The lowest BCUT2D eigenvalue weighted by Crippen LogP contribution is -2.19. The molecule has 0 aromatic heterocycles. The van der Waals surface area contributed by atoms with Crippen LogP contribution < -0.4 is 15.4 Å². The predicted octanol–water partition coefficient (Wildman–Crippen LogP) is 4.02. The van der Waals surface area contributed by atoms with Crippen molar-refractivity contribution in [3.8, 4) is 5.75 Å². The number of hydrogen-bond donors (Lipinski definition) is 2. The number of carbonyl (C=O) groups excluding carboxylic acids is 2. The predicted molar refractivity (Wildman–Crippen MR) is 84.5 cm³/mol. The van der Waals surface area contributed by atoms with Crippen molar-refractivity contribution in [2.45, 2.75) is 6.92 Å². The minimum absolute atomic E-state index is 0.378. The van der Waals surface area contributed by atoms with Gasteiger partial charge in [0.15, 0.2) is 0 Å². The molecule has 0 spiro atoms. The van der Waals surface area contributed by atoms with E-state index < -0.39 is 5.97 Å². The first-order valence-corrected chi connectivity index (χ1v) is 6.94. The molecule has 0 aliphatic heterocycles. The van der Waals surface area contributed by atoms with Crippen molar-refractivity contribution in [3.63, 3.8) is 0 Å². The third-order valence-electron chi connectivity index (χ3n) is 2.44. The third kappa shape index (κ3) is 4.92. The molecule has 0 fully saturated rings. The van der Waals surface area contributed by atoms with Gasteiger partial charge in [-0.15, -0.1) is 0 Å². The van der Waals surface area contributed by atoms with E-state index in [1.54, 1.807) is 36.4 Å². The quantitative estimate of drug-likeness (QED) is 0.650. The summed E-state index contributed by atoms with van der Waals surface area (Å²) >= 11 is 3.33. The number of hydrogen-bond acceptors (Lipinski definition) is 3.